The number of benzene rings is 1. The van der Waals surface area contributed by atoms with Crippen molar-refractivity contribution < 1.29 is 9.53 Å². The average Bonchev–Trinajstić information content (AvgIpc) is 3.22. The molecule has 1 aliphatic carbocycles. The molecular formula is C28H37N7O2. The first-order valence-electron chi connectivity index (χ1n) is 13.1. The second kappa shape index (κ2) is 10.1. The minimum atomic E-state index is -0.0627. The number of aryl methyl sites for hydroxylation is 4. The minimum absolute atomic E-state index is 0.0627. The summed E-state index contributed by atoms with van der Waals surface area (Å²) in [4.78, 5) is 24.9. The minimum Gasteiger partial charge on any atom is -0.495 e. The van der Waals surface area contributed by atoms with E-state index in [2.05, 4.69) is 41.4 Å². The molecule has 0 spiro atoms. The van der Waals surface area contributed by atoms with Gasteiger partial charge in [0.15, 0.2) is 0 Å². The number of ether oxygens (including phenoxy) is 1. The molecule has 1 aliphatic heterocycles. The highest BCUT2D eigenvalue weighted by atomic mass is 16.5. The van der Waals surface area contributed by atoms with Crippen LogP contribution in [-0.4, -0.2) is 63.8 Å². The van der Waals surface area contributed by atoms with Gasteiger partial charge in [-0.05, 0) is 81.9 Å². The Bertz CT molecular complexity index is 1320. The number of carbonyl (C=O) groups excluding carboxylic acids is 1. The van der Waals surface area contributed by atoms with E-state index in [4.69, 9.17) is 14.8 Å². The summed E-state index contributed by atoms with van der Waals surface area (Å²) >= 11 is 0. The molecule has 5 rings (SSSR count). The van der Waals surface area contributed by atoms with E-state index in [1.54, 1.807) is 13.2 Å². The first kappa shape index (κ1) is 25.2. The van der Waals surface area contributed by atoms with Crippen molar-refractivity contribution in [2.24, 2.45) is 7.05 Å². The molecule has 0 atom stereocenters. The number of carbonyl (C=O) groups is 1. The smallest absolute Gasteiger partial charge is 0.251 e. The van der Waals surface area contributed by atoms with E-state index in [0.29, 0.717) is 23.2 Å². The van der Waals surface area contributed by atoms with E-state index in [0.717, 1.165) is 72.5 Å². The third kappa shape index (κ3) is 4.92. The van der Waals surface area contributed by atoms with Crippen LogP contribution in [0.1, 0.15) is 65.5 Å². The van der Waals surface area contributed by atoms with Gasteiger partial charge in [0.05, 0.1) is 29.9 Å². The number of amides is 1. The number of hydrogen-bond acceptors (Lipinski definition) is 7. The predicted molar refractivity (Wildman–Crippen MR) is 145 cm³/mol. The summed E-state index contributed by atoms with van der Waals surface area (Å²) < 4.78 is 7.66. The third-order valence-electron chi connectivity index (χ3n) is 7.53. The van der Waals surface area contributed by atoms with Gasteiger partial charge >= 0.3 is 0 Å². The van der Waals surface area contributed by atoms with E-state index in [9.17, 15) is 4.79 Å². The van der Waals surface area contributed by atoms with Crippen LogP contribution >= 0.6 is 0 Å². The SMILES string of the molecule is COc1cc(C(=O)NC2CCN(C)CC2)c(C)cc1Nc1ncc2c(n1)-c1c(nn(C)c1C(C)C)CC2. The highest BCUT2D eigenvalue weighted by molar-refractivity contribution is 5.97. The van der Waals surface area contributed by atoms with Crippen LogP contribution in [0.2, 0.25) is 0 Å². The standard InChI is InChI=1S/C28H37N7O2/c1-16(2)26-24-21(33-35(26)5)8-7-18-15-29-28(32-25(18)24)31-22-13-17(3)20(14-23(22)37-6)27(36)30-19-9-11-34(4)12-10-19/h13-16,19H,7-12H2,1-6H3,(H,30,36)(H,29,31,32). The van der Waals surface area contributed by atoms with Crippen molar-refractivity contribution in [2.45, 2.75) is 58.4 Å². The molecule has 3 heterocycles. The lowest BCUT2D eigenvalue weighted by Gasteiger charge is -2.29. The Morgan fingerprint density at radius 3 is 2.62 bits per heavy atom. The molecule has 9 nitrogen and oxygen atoms in total. The Morgan fingerprint density at radius 1 is 1.16 bits per heavy atom. The number of nitrogens with zero attached hydrogens (tertiary/aromatic N) is 5. The molecule has 1 amide bonds. The van der Waals surface area contributed by atoms with Crippen molar-refractivity contribution in [2.75, 3.05) is 32.6 Å². The molecule has 196 valence electrons. The average molecular weight is 504 g/mol. The molecule has 0 saturated carbocycles. The summed E-state index contributed by atoms with van der Waals surface area (Å²) in [6, 6.07) is 3.93. The number of methoxy groups -OCH3 is 1. The van der Waals surface area contributed by atoms with E-state index < -0.39 is 0 Å². The summed E-state index contributed by atoms with van der Waals surface area (Å²) in [6.07, 6.45) is 5.61. The zero-order valence-corrected chi connectivity index (χ0v) is 22.7. The molecule has 2 N–H and O–H groups in total. The molecule has 0 radical (unpaired) electrons. The zero-order valence-electron chi connectivity index (χ0n) is 22.7. The molecule has 3 aromatic rings. The van der Waals surface area contributed by atoms with Crippen LogP contribution in [-0.2, 0) is 19.9 Å². The second-order valence-electron chi connectivity index (χ2n) is 10.6. The summed E-state index contributed by atoms with van der Waals surface area (Å²) in [5, 5.41) is 11.3. The van der Waals surface area contributed by atoms with Gasteiger partial charge in [-0.15, -0.1) is 0 Å². The van der Waals surface area contributed by atoms with Crippen LogP contribution in [0.5, 0.6) is 5.75 Å². The Labute approximate surface area is 218 Å². The number of piperidine rings is 1. The van der Waals surface area contributed by atoms with Gasteiger partial charge in [-0.2, -0.15) is 5.10 Å². The van der Waals surface area contributed by atoms with Crippen molar-refractivity contribution in [3.63, 3.8) is 0 Å². The molecule has 2 aromatic heterocycles. The van der Waals surface area contributed by atoms with Gasteiger partial charge in [0.2, 0.25) is 5.95 Å². The molecule has 1 saturated heterocycles. The summed E-state index contributed by atoms with van der Waals surface area (Å²) in [5.74, 6) is 1.33. The van der Waals surface area contributed by atoms with Crippen molar-refractivity contribution in [3.05, 3.63) is 46.4 Å². The molecule has 37 heavy (non-hydrogen) atoms. The predicted octanol–water partition coefficient (Wildman–Crippen LogP) is 3.98. The number of rotatable bonds is 6. The van der Waals surface area contributed by atoms with Gasteiger partial charge in [0, 0.05) is 30.4 Å². The maximum Gasteiger partial charge on any atom is 0.251 e. The number of likely N-dealkylation sites (tertiary alicyclic amines) is 1. The van der Waals surface area contributed by atoms with Gasteiger partial charge < -0.3 is 20.3 Å². The highest BCUT2D eigenvalue weighted by Gasteiger charge is 2.28. The lowest BCUT2D eigenvalue weighted by molar-refractivity contribution is 0.0916. The number of hydrogen-bond donors (Lipinski definition) is 2. The van der Waals surface area contributed by atoms with Crippen LogP contribution < -0.4 is 15.4 Å². The Morgan fingerprint density at radius 2 is 1.92 bits per heavy atom. The topological polar surface area (TPSA) is 97.2 Å². The summed E-state index contributed by atoms with van der Waals surface area (Å²) in [7, 11) is 5.73. The van der Waals surface area contributed by atoms with Crippen molar-refractivity contribution in [3.8, 4) is 17.0 Å². The molecule has 0 bridgehead atoms. The van der Waals surface area contributed by atoms with Crippen LogP contribution in [0.4, 0.5) is 11.6 Å². The van der Waals surface area contributed by atoms with Crippen molar-refractivity contribution >= 4 is 17.5 Å². The third-order valence-corrected chi connectivity index (χ3v) is 7.53. The van der Waals surface area contributed by atoms with Gasteiger partial charge in [0.25, 0.3) is 5.91 Å². The maximum absolute atomic E-state index is 13.1. The van der Waals surface area contributed by atoms with Gasteiger partial charge in [-0.25, -0.2) is 9.97 Å². The van der Waals surface area contributed by atoms with Gasteiger partial charge in [-0.1, -0.05) is 13.8 Å². The monoisotopic (exact) mass is 503 g/mol. The fraction of sp³-hybridized carbons (Fsp3) is 0.500. The lowest BCUT2D eigenvalue weighted by atomic mass is 9.90. The molecular weight excluding hydrogens is 466 g/mol. The summed E-state index contributed by atoms with van der Waals surface area (Å²) in [5.41, 5.74) is 7.70. The fourth-order valence-corrected chi connectivity index (χ4v) is 5.55. The normalized spacial score (nSPS) is 15.9. The quantitative estimate of drug-likeness (QED) is 0.525. The van der Waals surface area contributed by atoms with Crippen LogP contribution in [0.3, 0.4) is 0 Å². The van der Waals surface area contributed by atoms with Crippen molar-refractivity contribution in [1.82, 2.24) is 30.0 Å². The van der Waals surface area contributed by atoms with E-state index in [-0.39, 0.29) is 11.9 Å². The van der Waals surface area contributed by atoms with Crippen LogP contribution in [0.25, 0.3) is 11.3 Å². The molecule has 9 heteroatoms. The van der Waals surface area contributed by atoms with E-state index in [1.165, 1.54) is 5.69 Å². The molecule has 2 aliphatic rings. The fourth-order valence-electron chi connectivity index (χ4n) is 5.55. The largest absolute Gasteiger partial charge is 0.495 e. The second-order valence-corrected chi connectivity index (χ2v) is 10.6. The Balaban J connectivity index is 1.41. The lowest BCUT2D eigenvalue weighted by Crippen LogP contribution is -2.43. The molecule has 0 unspecified atom stereocenters. The highest BCUT2D eigenvalue weighted by Crippen LogP contribution is 2.38. The Hall–Kier alpha value is -3.46. The number of fused-ring (bicyclic) bond motifs is 3. The van der Waals surface area contributed by atoms with Crippen molar-refractivity contribution in [1.29, 1.82) is 0 Å². The number of aromatic nitrogens is 4. The first-order chi connectivity index (χ1) is 17.7. The summed E-state index contributed by atoms with van der Waals surface area (Å²) in [6.45, 7) is 8.30. The zero-order chi connectivity index (χ0) is 26.3. The first-order valence-corrected chi connectivity index (χ1v) is 13.1. The van der Waals surface area contributed by atoms with Crippen LogP contribution in [0.15, 0.2) is 18.3 Å². The van der Waals surface area contributed by atoms with E-state index >= 15 is 0 Å². The van der Waals surface area contributed by atoms with Crippen LogP contribution in [0, 0.1) is 6.92 Å². The molecule has 1 fully saturated rings. The molecule has 1 aromatic carbocycles. The van der Waals surface area contributed by atoms with E-state index in [1.807, 2.05) is 30.9 Å². The van der Waals surface area contributed by atoms with Gasteiger partial charge in [0.1, 0.15) is 5.75 Å². The number of anilines is 2. The van der Waals surface area contributed by atoms with Gasteiger partial charge in [-0.3, -0.25) is 9.48 Å². The number of nitrogens with one attached hydrogen (secondary N) is 2. The maximum atomic E-state index is 13.1. The Kier molecular flexibility index (Phi) is 6.90.